The van der Waals surface area contributed by atoms with E-state index in [1.165, 1.54) is 0 Å². The molecule has 0 fully saturated rings. The molecule has 2 atom stereocenters. The molecule has 1 aromatic rings. The van der Waals surface area contributed by atoms with E-state index in [1.54, 1.807) is 13.2 Å². The van der Waals surface area contributed by atoms with Crippen molar-refractivity contribution >= 4 is 17.8 Å². The van der Waals surface area contributed by atoms with Crippen molar-refractivity contribution in [3.8, 4) is 0 Å². The third kappa shape index (κ3) is 3.51. The molecule has 22 heavy (non-hydrogen) atoms. The SMILES string of the molecule is CN/C1=C(\C=N)NC(=O)C(C)CCC[C@H](N)c2ccnc1c2. The van der Waals surface area contributed by atoms with Gasteiger partial charge in [0.1, 0.15) is 0 Å². The summed E-state index contributed by atoms with van der Waals surface area (Å²) >= 11 is 0. The van der Waals surface area contributed by atoms with E-state index in [9.17, 15) is 4.79 Å². The first-order valence-electron chi connectivity index (χ1n) is 7.52. The summed E-state index contributed by atoms with van der Waals surface area (Å²) in [6.45, 7) is 1.89. The Balaban J connectivity index is 2.53. The molecule has 1 aromatic heterocycles. The van der Waals surface area contributed by atoms with Gasteiger partial charge in [0.2, 0.25) is 5.91 Å². The van der Waals surface area contributed by atoms with Gasteiger partial charge in [0.25, 0.3) is 0 Å². The van der Waals surface area contributed by atoms with Crippen LogP contribution >= 0.6 is 0 Å². The number of nitrogens with two attached hydrogens (primary N) is 1. The lowest BCUT2D eigenvalue weighted by Gasteiger charge is -2.19. The lowest BCUT2D eigenvalue weighted by atomic mass is 9.96. The van der Waals surface area contributed by atoms with Crippen molar-refractivity contribution in [1.29, 1.82) is 5.41 Å². The second-order valence-corrected chi connectivity index (χ2v) is 5.59. The topological polar surface area (TPSA) is 104 Å². The van der Waals surface area contributed by atoms with E-state index in [0.717, 1.165) is 31.0 Å². The minimum absolute atomic E-state index is 0.0713. The second-order valence-electron chi connectivity index (χ2n) is 5.59. The number of pyridine rings is 1. The Morgan fingerprint density at radius 3 is 2.95 bits per heavy atom. The smallest absolute Gasteiger partial charge is 0.227 e. The van der Waals surface area contributed by atoms with Gasteiger partial charge in [0, 0.05) is 31.4 Å². The highest BCUT2D eigenvalue weighted by atomic mass is 16.1. The summed E-state index contributed by atoms with van der Waals surface area (Å²) in [5, 5.41) is 13.4. The van der Waals surface area contributed by atoms with Crippen molar-refractivity contribution < 1.29 is 4.79 Å². The normalized spacial score (nSPS) is 26.4. The first-order valence-corrected chi connectivity index (χ1v) is 7.52. The van der Waals surface area contributed by atoms with E-state index in [-0.39, 0.29) is 17.9 Å². The van der Waals surface area contributed by atoms with Crippen LogP contribution in [0.2, 0.25) is 0 Å². The van der Waals surface area contributed by atoms with Gasteiger partial charge < -0.3 is 21.8 Å². The Kier molecular flexibility index (Phi) is 5.27. The predicted octanol–water partition coefficient (Wildman–Crippen LogP) is 1.56. The third-order valence-corrected chi connectivity index (χ3v) is 3.99. The summed E-state index contributed by atoms with van der Waals surface area (Å²) in [6, 6.07) is 3.76. The highest BCUT2D eigenvalue weighted by Gasteiger charge is 2.19. The molecule has 0 aromatic carbocycles. The highest BCUT2D eigenvalue weighted by Crippen LogP contribution is 2.22. The van der Waals surface area contributed by atoms with E-state index >= 15 is 0 Å². The van der Waals surface area contributed by atoms with Crippen LogP contribution in [0.1, 0.15) is 43.5 Å². The van der Waals surface area contributed by atoms with Crippen molar-refractivity contribution in [3.63, 3.8) is 0 Å². The number of allylic oxidation sites excluding steroid dienone is 1. The first kappa shape index (κ1) is 16.2. The first-order chi connectivity index (χ1) is 10.6. The molecule has 2 heterocycles. The molecule has 0 aliphatic carbocycles. The maximum atomic E-state index is 12.2. The van der Waals surface area contributed by atoms with Gasteiger partial charge in [-0.25, -0.2) is 0 Å². The van der Waals surface area contributed by atoms with Crippen LogP contribution in [-0.4, -0.2) is 24.2 Å². The summed E-state index contributed by atoms with van der Waals surface area (Å²) in [4.78, 5) is 16.6. The molecular weight excluding hydrogens is 278 g/mol. The Morgan fingerprint density at radius 1 is 1.50 bits per heavy atom. The van der Waals surface area contributed by atoms with E-state index < -0.39 is 0 Å². The molecule has 2 bridgehead atoms. The average Bonchev–Trinajstić information content (AvgIpc) is 2.53. The van der Waals surface area contributed by atoms with E-state index in [2.05, 4.69) is 15.6 Å². The molecule has 0 radical (unpaired) electrons. The molecule has 6 nitrogen and oxygen atoms in total. The van der Waals surface area contributed by atoms with Crippen LogP contribution in [0.3, 0.4) is 0 Å². The molecule has 1 unspecified atom stereocenters. The van der Waals surface area contributed by atoms with Crippen molar-refractivity contribution in [3.05, 3.63) is 35.3 Å². The molecule has 0 spiro atoms. The fourth-order valence-corrected chi connectivity index (χ4v) is 2.58. The van der Waals surface area contributed by atoms with Gasteiger partial charge in [-0.3, -0.25) is 9.78 Å². The van der Waals surface area contributed by atoms with Crippen LogP contribution in [-0.2, 0) is 4.79 Å². The molecule has 1 aliphatic rings. The predicted molar refractivity (Wildman–Crippen MR) is 87.1 cm³/mol. The van der Waals surface area contributed by atoms with Gasteiger partial charge in [-0.2, -0.15) is 0 Å². The molecule has 118 valence electrons. The Labute approximate surface area is 130 Å². The number of amides is 1. The maximum absolute atomic E-state index is 12.2. The molecule has 6 heteroatoms. The van der Waals surface area contributed by atoms with Gasteiger partial charge in [-0.05, 0) is 30.5 Å². The number of hydrogen-bond donors (Lipinski definition) is 4. The van der Waals surface area contributed by atoms with Crippen molar-refractivity contribution in [2.75, 3.05) is 7.05 Å². The molecule has 5 N–H and O–H groups in total. The monoisotopic (exact) mass is 301 g/mol. The van der Waals surface area contributed by atoms with Gasteiger partial charge in [-0.15, -0.1) is 0 Å². The lowest BCUT2D eigenvalue weighted by molar-refractivity contribution is -0.123. The summed E-state index contributed by atoms with van der Waals surface area (Å²) in [5.74, 6) is -0.206. The zero-order valence-corrected chi connectivity index (χ0v) is 13.0. The van der Waals surface area contributed by atoms with Crippen LogP contribution in [0.25, 0.3) is 5.70 Å². The molecule has 0 saturated heterocycles. The van der Waals surface area contributed by atoms with Gasteiger partial charge in [0.15, 0.2) is 0 Å². The Morgan fingerprint density at radius 2 is 2.27 bits per heavy atom. The minimum Gasteiger partial charge on any atom is -0.385 e. The van der Waals surface area contributed by atoms with E-state index in [1.807, 2.05) is 19.1 Å². The summed E-state index contributed by atoms with van der Waals surface area (Å²) in [5.41, 5.74) is 8.96. The van der Waals surface area contributed by atoms with Crippen LogP contribution in [0, 0.1) is 11.3 Å². The van der Waals surface area contributed by atoms with Crippen LogP contribution in [0.15, 0.2) is 24.0 Å². The largest absolute Gasteiger partial charge is 0.385 e. The standard InChI is InChI=1S/C16H23N5O/c1-10-4-3-5-12(18)11-6-7-20-13(8-11)15(19-2)14(9-17)21-16(10)22/h6-10,12,17,19H,3-5,18H2,1-2H3,(H,21,22)/b15-14+,17-9?/t10?,12-/m0/s1. The molecule has 0 saturated carbocycles. The van der Waals surface area contributed by atoms with Gasteiger partial charge in [0.05, 0.1) is 17.1 Å². The van der Waals surface area contributed by atoms with Crippen molar-refractivity contribution in [2.45, 2.75) is 32.2 Å². The number of fused-ring (bicyclic) bond motifs is 2. The number of carbonyl (C=O) groups is 1. The minimum atomic E-state index is -0.119. The third-order valence-electron chi connectivity index (χ3n) is 3.99. The zero-order chi connectivity index (χ0) is 16.1. The fourth-order valence-electron chi connectivity index (χ4n) is 2.58. The number of rotatable bonds is 2. The van der Waals surface area contributed by atoms with Crippen LogP contribution < -0.4 is 16.4 Å². The number of aromatic nitrogens is 1. The Hall–Kier alpha value is -2.21. The van der Waals surface area contributed by atoms with E-state index in [0.29, 0.717) is 17.1 Å². The number of nitrogens with zero attached hydrogens (tertiary/aromatic N) is 1. The quantitative estimate of drug-likeness (QED) is 0.622. The number of hydrogen-bond acceptors (Lipinski definition) is 5. The Bertz CT molecular complexity index is 596. The number of carbonyl (C=O) groups excluding carboxylic acids is 1. The molecule has 1 aliphatic heterocycles. The van der Waals surface area contributed by atoms with Crippen molar-refractivity contribution in [1.82, 2.24) is 15.6 Å². The summed E-state index contributed by atoms with van der Waals surface area (Å²) < 4.78 is 0. The lowest BCUT2D eigenvalue weighted by Crippen LogP contribution is -2.32. The van der Waals surface area contributed by atoms with Crippen molar-refractivity contribution in [2.24, 2.45) is 11.7 Å². The summed E-state index contributed by atoms with van der Waals surface area (Å²) in [7, 11) is 1.74. The molecule has 2 rings (SSSR count). The van der Waals surface area contributed by atoms with Crippen LogP contribution in [0.5, 0.6) is 0 Å². The second kappa shape index (κ2) is 7.17. The fraction of sp³-hybridized carbons (Fsp3) is 0.438. The van der Waals surface area contributed by atoms with Gasteiger partial charge >= 0.3 is 0 Å². The molecular formula is C16H23N5O. The maximum Gasteiger partial charge on any atom is 0.227 e. The van der Waals surface area contributed by atoms with Crippen LogP contribution in [0.4, 0.5) is 0 Å². The van der Waals surface area contributed by atoms with Gasteiger partial charge in [-0.1, -0.05) is 13.3 Å². The average molecular weight is 301 g/mol. The highest BCUT2D eigenvalue weighted by molar-refractivity contribution is 5.94. The van der Waals surface area contributed by atoms with E-state index in [4.69, 9.17) is 11.1 Å². The zero-order valence-electron chi connectivity index (χ0n) is 13.0. The summed E-state index contributed by atoms with van der Waals surface area (Å²) in [6.07, 6.45) is 5.33. The number of nitrogens with one attached hydrogen (secondary N) is 3. The molecule has 1 amide bonds.